The molecule has 3 nitrogen and oxygen atoms in total. The van der Waals surface area contributed by atoms with E-state index in [0.717, 1.165) is 50.1 Å². The SMILES string of the molecule is Oc1cc(F)cc2c1CC(N1CCNCC1)C2. The summed E-state index contributed by atoms with van der Waals surface area (Å²) < 4.78 is 13.2. The maximum atomic E-state index is 13.2. The third kappa shape index (κ3) is 2.03. The van der Waals surface area contributed by atoms with Crippen molar-refractivity contribution in [1.82, 2.24) is 10.2 Å². The average Bonchev–Trinajstić information content (AvgIpc) is 2.74. The minimum absolute atomic E-state index is 0.123. The molecule has 0 spiro atoms. The number of aromatic hydroxyl groups is 1. The Kier molecular flexibility index (Phi) is 2.76. The minimum atomic E-state index is -0.331. The lowest BCUT2D eigenvalue weighted by Gasteiger charge is -2.32. The van der Waals surface area contributed by atoms with Gasteiger partial charge in [-0.25, -0.2) is 4.39 Å². The van der Waals surface area contributed by atoms with E-state index < -0.39 is 0 Å². The van der Waals surface area contributed by atoms with Crippen LogP contribution in [-0.4, -0.2) is 42.2 Å². The van der Waals surface area contributed by atoms with E-state index in [4.69, 9.17) is 0 Å². The first-order valence-electron chi connectivity index (χ1n) is 6.19. The van der Waals surface area contributed by atoms with Gasteiger partial charge in [0.05, 0.1) is 0 Å². The van der Waals surface area contributed by atoms with Crippen molar-refractivity contribution in [2.24, 2.45) is 0 Å². The Bertz CT molecular complexity index is 430. The quantitative estimate of drug-likeness (QED) is 0.760. The van der Waals surface area contributed by atoms with Gasteiger partial charge in [0, 0.05) is 38.3 Å². The molecular weight excluding hydrogens is 219 g/mol. The molecule has 1 heterocycles. The molecule has 0 bridgehead atoms. The third-order valence-electron chi connectivity index (χ3n) is 3.85. The van der Waals surface area contributed by atoms with E-state index in [2.05, 4.69) is 10.2 Å². The van der Waals surface area contributed by atoms with Crippen LogP contribution < -0.4 is 5.32 Å². The predicted octanol–water partition coefficient (Wildman–Crippen LogP) is 0.904. The van der Waals surface area contributed by atoms with Crippen LogP contribution in [0.1, 0.15) is 11.1 Å². The molecule has 2 aliphatic rings. The molecule has 4 heteroatoms. The van der Waals surface area contributed by atoms with Crippen LogP contribution in [0.2, 0.25) is 0 Å². The minimum Gasteiger partial charge on any atom is -0.508 e. The second-order valence-corrected chi connectivity index (χ2v) is 4.91. The summed E-state index contributed by atoms with van der Waals surface area (Å²) in [6.07, 6.45) is 1.71. The highest BCUT2D eigenvalue weighted by Crippen LogP contribution is 2.33. The fourth-order valence-electron chi connectivity index (χ4n) is 2.96. The van der Waals surface area contributed by atoms with Crippen LogP contribution in [0, 0.1) is 5.82 Å². The molecule has 1 unspecified atom stereocenters. The molecule has 1 saturated heterocycles. The van der Waals surface area contributed by atoms with Crippen molar-refractivity contribution in [3.8, 4) is 5.75 Å². The van der Waals surface area contributed by atoms with Crippen LogP contribution in [0.4, 0.5) is 4.39 Å². The molecule has 1 aromatic rings. The fraction of sp³-hybridized carbons (Fsp3) is 0.538. The lowest BCUT2D eigenvalue weighted by molar-refractivity contribution is 0.177. The average molecular weight is 236 g/mol. The maximum absolute atomic E-state index is 13.2. The summed E-state index contributed by atoms with van der Waals surface area (Å²) in [7, 11) is 0. The molecule has 1 aliphatic carbocycles. The highest BCUT2D eigenvalue weighted by molar-refractivity contribution is 5.44. The summed E-state index contributed by atoms with van der Waals surface area (Å²) in [6, 6.07) is 3.22. The Balaban J connectivity index is 1.80. The van der Waals surface area contributed by atoms with Crippen molar-refractivity contribution >= 4 is 0 Å². The lowest BCUT2D eigenvalue weighted by atomic mass is 10.1. The summed E-state index contributed by atoms with van der Waals surface area (Å²) >= 11 is 0. The smallest absolute Gasteiger partial charge is 0.127 e. The monoisotopic (exact) mass is 236 g/mol. The van der Waals surface area contributed by atoms with Gasteiger partial charge in [-0.15, -0.1) is 0 Å². The van der Waals surface area contributed by atoms with Gasteiger partial charge in [0.25, 0.3) is 0 Å². The first kappa shape index (κ1) is 11.0. The first-order chi connectivity index (χ1) is 8.24. The second-order valence-electron chi connectivity index (χ2n) is 4.91. The maximum Gasteiger partial charge on any atom is 0.127 e. The number of hydrogen-bond acceptors (Lipinski definition) is 3. The zero-order chi connectivity index (χ0) is 11.8. The van der Waals surface area contributed by atoms with Crippen molar-refractivity contribution in [3.63, 3.8) is 0 Å². The molecule has 2 N–H and O–H groups in total. The van der Waals surface area contributed by atoms with Gasteiger partial charge in [-0.05, 0) is 30.0 Å². The number of phenolic OH excluding ortho intramolecular Hbond substituents is 1. The van der Waals surface area contributed by atoms with Crippen molar-refractivity contribution in [2.75, 3.05) is 26.2 Å². The van der Waals surface area contributed by atoms with Crippen LogP contribution in [0.25, 0.3) is 0 Å². The molecule has 1 atom stereocenters. The number of phenols is 1. The van der Waals surface area contributed by atoms with E-state index in [1.165, 1.54) is 6.07 Å². The van der Waals surface area contributed by atoms with E-state index in [-0.39, 0.29) is 11.6 Å². The highest BCUT2D eigenvalue weighted by atomic mass is 19.1. The highest BCUT2D eigenvalue weighted by Gasteiger charge is 2.29. The standard InChI is InChI=1S/C13H17FN2O/c14-10-5-9-6-11(8-12(9)13(17)7-10)16-3-1-15-2-4-16/h5,7,11,15,17H,1-4,6,8H2. The summed E-state index contributed by atoms with van der Waals surface area (Å²) in [5.41, 5.74) is 1.92. The number of piperazine rings is 1. The number of benzene rings is 1. The molecule has 1 aliphatic heterocycles. The molecule has 0 radical (unpaired) electrons. The number of hydrogen-bond donors (Lipinski definition) is 2. The van der Waals surface area contributed by atoms with Crippen LogP contribution in [-0.2, 0) is 12.8 Å². The molecule has 17 heavy (non-hydrogen) atoms. The second kappa shape index (κ2) is 4.27. The first-order valence-corrected chi connectivity index (χ1v) is 6.19. The van der Waals surface area contributed by atoms with E-state index in [1.54, 1.807) is 6.07 Å². The van der Waals surface area contributed by atoms with Crippen molar-refractivity contribution < 1.29 is 9.50 Å². The van der Waals surface area contributed by atoms with E-state index in [9.17, 15) is 9.50 Å². The summed E-state index contributed by atoms with van der Waals surface area (Å²) in [4.78, 5) is 2.44. The largest absolute Gasteiger partial charge is 0.508 e. The molecule has 1 aromatic carbocycles. The molecule has 0 saturated carbocycles. The number of fused-ring (bicyclic) bond motifs is 1. The number of halogens is 1. The molecule has 0 amide bonds. The van der Waals surface area contributed by atoms with Crippen molar-refractivity contribution in [2.45, 2.75) is 18.9 Å². The topological polar surface area (TPSA) is 35.5 Å². The predicted molar refractivity (Wildman–Crippen MR) is 63.7 cm³/mol. The molecule has 0 aromatic heterocycles. The Hall–Kier alpha value is -1.13. The fourth-order valence-corrected chi connectivity index (χ4v) is 2.96. The van der Waals surface area contributed by atoms with Crippen LogP contribution in [0.3, 0.4) is 0 Å². The van der Waals surface area contributed by atoms with Crippen LogP contribution in [0.5, 0.6) is 5.75 Å². The summed E-state index contributed by atoms with van der Waals surface area (Å²) in [6.45, 7) is 4.13. The van der Waals surface area contributed by atoms with Crippen LogP contribution in [0.15, 0.2) is 12.1 Å². The van der Waals surface area contributed by atoms with Crippen molar-refractivity contribution in [1.29, 1.82) is 0 Å². The Labute approximate surface area is 100 Å². The van der Waals surface area contributed by atoms with Gasteiger partial charge in [0.1, 0.15) is 11.6 Å². The van der Waals surface area contributed by atoms with E-state index in [0.29, 0.717) is 6.04 Å². The van der Waals surface area contributed by atoms with Gasteiger partial charge in [-0.3, -0.25) is 4.90 Å². The third-order valence-corrected chi connectivity index (χ3v) is 3.85. The Morgan fingerprint density at radius 3 is 2.76 bits per heavy atom. The molecule has 1 fully saturated rings. The van der Waals surface area contributed by atoms with Gasteiger partial charge in [0.2, 0.25) is 0 Å². The van der Waals surface area contributed by atoms with E-state index in [1.807, 2.05) is 0 Å². The lowest BCUT2D eigenvalue weighted by Crippen LogP contribution is -2.48. The Morgan fingerprint density at radius 1 is 1.24 bits per heavy atom. The van der Waals surface area contributed by atoms with Gasteiger partial charge < -0.3 is 10.4 Å². The summed E-state index contributed by atoms with van der Waals surface area (Å²) in [5, 5.41) is 13.1. The van der Waals surface area contributed by atoms with E-state index >= 15 is 0 Å². The number of nitrogens with zero attached hydrogens (tertiary/aromatic N) is 1. The molecule has 3 rings (SSSR count). The van der Waals surface area contributed by atoms with Crippen LogP contribution >= 0.6 is 0 Å². The number of nitrogens with one attached hydrogen (secondary N) is 1. The normalized spacial score (nSPS) is 24.9. The zero-order valence-corrected chi connectivity index (χ0v) is 9.75. The summed E-state index contributed by atoms with van der Waals surface area (Å²) in [5.74, 6) is -0.208. The van der Waals surface area contributed by atoms with Gasteiger partial charge >= 0.3 is 0 Å². The molecular formula is C13H17FN2O. The number of rotatable bonds is 1. The van der Waals surface area contributed by atoms with Gasteiger partial charge in [0.15, 0.2) is 0 Å². The Morgan fingerprint density at radius 2 is 2.00 bits per heavy atom. The zero-order valence-electron chi connectivity index (χ0n) is 9.75. The van der Waals surface area contributed by atoms with Gasteiger partial charge in [-0.2, -0.15) is 0 Å². The van der Waals surface area contributed by atoms with Gasteiger partial charge in [-0.1, -0.05) is 0 Å². The van der Waals surface area contributed by atoms with Crippen molar-refractivity contribution in [3.05, 3.63) is 29.1 Å². The molecule has 92 valence electrons.